The molecule has 0 saturated heterocycles. The van der Waals surface area contributed by atoms with Crippen LogP contribution < -0.4 is 10.6 Å². The first-order valence-electron chi connectivity index (χ1n) is 5.65. The minimum Gasteiger partial charge on any atom is -0.478 e. The Hall–Kier alpha value is -2.01. The Balaban J connectivity index is 2.67. The van der Waals surface area contributed by atoms with Gasteiger partial charge in [-0.3, -0.25) is 0 Å². The van der Waals surface area contributed by atoms with E-state index in [0.717, 1.165) is 0 Å². The summed E-state index contributed by atoms with van der Waals surface area (Å²) in [5, 5.41) is 14.2. The first-order chi connectivity index (χ1) is 8.93. The van der Waals surface area contributed by atoms with Gasteiger partial charge in [-0.05, 0) is 31.5 Å². The van der Waals surface area contributed by atoms with Crippen molar-refractivity contribution in [2.45, 2.75) is 19.4 Å². The van der Waals surface area contributed by atoms with Gasteiger partial charge in [-0.25, -0.2) is 9.59 Å². The van der Waals surface area contributed by atoms with E-state index in [9.17, 15) is 9.59 Å². The van der Waals surface area contributed by atoms with Crippen molar-refractivity contribution in [2.75, 3.05) is 5.32 Å². The number of hydrogen-bond donors (Lipinski definition) is 3. The maximum atomic E-state index is 11.6. The van der Waals surface area contributed by atoms with Crippen molar-refractivity contribution in [3.8, 4) is 0 Å². The van der Waals surface area contributed by atoms with Crippen LogP contribution in [0.5, 0.6) is 0 Å². The fourth-order valence-corrected chi connectivity index (χ4v) is 1.73. The molecule has 0 aliphatic heterocycles. The predicted molar refractivity (Wildman–Crippen MR) is 74.8 cm³/mol. The van der Waals surface area contributed by atoms with Crippen LogP contribution >= 0.6 is 11.6 Å². The minimum atomic E-state index is -1.11. The van der Waals surface area contributed by atoms with Gasteiger partial charge in [-0.15, -0.1) is 6.58 Å². The van der Waals surface area contributed by atoms with Crippen molar-refractivity contribution in [1.29, 1.82) is 0 Å². The molecule has 5 nitrogen and oxygen atoms in total. The summed E-state index contributed by atoms with van der Waals surface area (Å²) in [6.45, 7) is 5.43. The second-order valence-corrected chi connectivity index (χ2v) is 4.43. The number of carboxylic acids is 1. The lowest BCUT2D eigenvalue weighted by Crippen LogP contribution is -2.35. The highest BCUT2D eigenvalue weighted by molar-refractivity contribution is 6.33. The van der Waals surface area contributed by atoms with Crippen LogP contribution in [0.3, 0.4) is 0 Å². The Morgan fingerprint density at radius 1 is 1.53 bits per heavy atom. The number of hydrogen-bond acceptors (Lipinski definition) is 2. The molecule has 0 bridgehead atoms. The van der Waals surface area contributed by atoms with E-state index in [1.165, 1.54) is 18.2 Å². The fourth-order valence-electron chi connectivity index (χ4n) is 1.47. The maximum absolute atomic E-state index is 11.6. The Kier molecular flexibility index (Phi) is 5.38. The van der Waals surface area contributed by atoms with Gasteiger partial charge in [0.25, 0.3) is 0 Å². The molecule has 0 heterocycles. The number of nitrogens with one attached hydrogen (secondary N) is 2. The molecule has 0 fully saturated rings. The fraction of sp³-hybridized carbons (Fsp3) is 0.231. The molecule has 0 saturated carbocycles. The number of carbonyl (C=O) groups is 2. The molecule has 0 aliphatic rings. The Morgan fingerprint density at radius 2 is 2.21 bits per heavy atom. The summed E-state index contributed by atoms with van der Waals surface area (Å²) in [6.07, 6.45) is 2.37. The molecule has 3 N–H and O–H groups in total. The third kappa shape index (κ3) is 4.63. The quantitative estimate of drug-likeness (QED) is 0.726. The highest BCUT2D eigenvalue weighted by Gasteiger charge is 2.11. The number of carbonyl (C=O) groups excluding carboxylic acids is 1. The molecule has 1 rings (SSSR count). The molecular formula is C13H15ClN2O3. The van der Waals surface area contributed by atoms with Crippen molar-refractivity contribution in [2.24, 2.45) is 0 Å². The maximum Gasteiger partial charge on any atom is 0.337 e. The zero-order valence-corrected chi connectivity index (χ0v) is 11.2. The van der Waals surface area contributed by atoms with E-state index in [0.29, 0.717) is 12.1 Å². The van der Waals surface area contributed by atoms with E-state index in [4.69, 9.17) is 16.7 Å². The van der Waals surface area contributed by atoms with Gasteiger partial charge in [-0.2, -0.15) is 0 Å². The second-order valence-electron chi connectivity index (χ2n) is 4.02. The highest BCUT2D eigenvalue weighted by Crippen LogP contribution is 2.20. The number of rotatable bonds is 5. The normalized spacial score (nSPS) is 11.5. The van der Waals surface area contributed by atoms with E-state index < -0.39 is 5.97 Å². The molecule has 0 aromatic heterocycles. The smallest absolute Gasteiger partial charge is 0.337 e. The highest BCUT2D eigenvalue weighted by atomic mass is 35.5. The predicted octanol–water partition coefficient (Wildman–Crippen LogP) is 3.12. The van der Waals surface area contributed by atoms with E-state index >= 15 is 0 Å². The van der Waals surface area contributed by atoms with Gasteiger partial charge in [0.1, 0.15) is 0 Å². The monoisotopic (exact) mass is 282 g/mol. The van der Waals surface area contributed by atoms with Crippen molar-refractivity contribution in [1.82, 2.24) is 5.32 Å². The van der Waals surface area contributed by atoms with E-state index in [1.54, 1.807) is 6.08 Å². The van der Waals surface area contributed by atoms with Crippen LogP contribution in [0.15, 0.2) is 30.9 Å². The van der Waals surface area contributed by atoms with Crippen LogP contribution in [0.1, 0.15) is 23.7 Å². The molecule has 1 atom stereocenters. The van der Waals surface area contributed by atoms with Crippen molar-refractivity contribution in [3.63, 3.8) is 0 Å². The number of amides is 2. The minimum absolute atomic E-state index is 0.00681. The van der Waals surface area contributed by atoms with Crippen LogP contribution in [0.2, 0.25) is 5.02 Å². The molecule has 0 radical (unpaired) electrons. The average molecular weight is 283 g/mol. The lowest BCUT2D eigenvalue weighted by atomic mass is 10.2. The topological polar surface area (TPSA) is 78.4 Å². The summed E-state index contributed by atoms with van der Waals surface area (Å²) < 4.78 is 0. The summed E-state index contributed by atoms with van der Waals surface area (Å²) >= 11 is 5.80. The SMILES string of the molecule is C=CCC(C)NC(=O)Nc1ccc(C(=O)O)c(Cl)c1. The lowest BCUT2D eigenvalue weighted by molar-refractivity contribution is 0.0697. The van der Waals surface area contributed by atoms with Gasteiger partial charge >= 0.3 is 12.0 Å². The van der Waals surface area contributed by atoms with E-state index in [2.05, 4.69) is 17.2 Å². The first kappa shape index (κ1) is 15.0. The Morgan fingerprint density at radius 3 is 2.74 bits per heavy atom. The van der Waals surface area contributed by atoms with Crippen LogP contribution in [0, 0.1) is 0 Å². The summed E-state index contributed by atoms with van der Waals surface area (Å²) in [6, 6.07) is 3.79. The van der Waals surface area contributed by atoms with Crippen molar-refractivity contribution >= 4 is 29.3 Å². The number of anilines is 1. The van der Waals surface area contributed by atoms with Crippen LogP contribution in [-0.4, -0.2) is 23.1 Å². The van der Waals surface area contributed by atoms with Crippen molar-refractivity contribution in [3.05, 3.63) is 41.4 Å². The lowest BCUT2D eigenvalue weighted by Gasteiger charge is -2.13. The third-order valence-corrected chi connectivity index (χ3v) is 2.67. The van der Waals surface area contributed by atoms with E-state index in [1.807, 2.05) is 6.92 Å². The molecule has 1 aromatic rings. The molecule has 0 spiro atoms. The molecule has 19 heavy (non-hydrogen) atoms. The molecule has 2 amide bonds. The molecule has 6 heteroatoms. The van der Waals surface area contributed by atoms with Gasteiger partial charge in [0.15, 0.2) is 0 Å². The summed E-state index contributed by atoms with van der Waals surface area (Å²) in [7, 11) is 0. The molecule has 1 aromatic carbocycles. The Labute approximate surface area is 116 Å². The number of aromatic carboxylic acids is 1. The first-order valence-corrected chi connectivity index (χ1v) is 6.03. The van der Waals surface area contributed by atoms with Gasteiger partial charge < -0.3 is 15.7 Å². The van der Waals surface area contributed by atoms with Gasteiger partial charge in [0, 0.05) is 11.7 Å². The largest absolute Gasteiger partial charge is 0.478 e. The van der Waals surface area contributed by atoms with Gasteiger partial charge in [0.05, 0.1) is 10.6 Å². The summed E-state index contributed by atoms with van der Waals surface area (Å²) in [5.41, 5.74) is 0.422. The Bertz CT molecular complexity index is 503. The number of halogens is 1. The number of benzene rings is 1. The molecule has 0 aliphatic carbocycles. The number of carboxylic acid groups (broad SMARTS) is 1. The number of urea groups is 1. The standard InChI is InChI=1S/C13H15ClN2O3/c1-3-4-8(2)15-13(19)16-9-5-6-10(12(17)18)11(14)7-9/h3,5-8H,1,4H2,2H3,(H,17,18)(H2,15,16,19). The second kappa shape index (κ2) is 6.80. The zero-order chi connectivity index (χ0) is 14.4. The molecule has 102 valence electrons. The summed E-state index contributed by atoms with van der Waals surface area (Å²) in [5.74, 6) is -1.11. The average Bonchev–Trinajstić information content (AvgIpc) is 2.28. The van der Waals surface area contributed by atoms with Crippen LogP contribution in [0.25, 0.3) is 0 Å². The van der Waals surface area contributed by atoms with Gasteiger partial charge in [0.2, 0.25) is 0 Å². The summed E-state index contributed by atoms with van der Waals surface area (Å²) in [4.78, 5) is 22.4. The van der Waals surface area contributed by atoms with Crippen molar-refractivity contribution < 1.29 is 14.7 Å². The molecule has 1 unspecified atom stereocenters. The zero-order valence-electron chi connectivity index (χ0n) is 10.4. The van der Waals surface area contributed by atoms with Crippen LogP contribution in [0.4, 0.5) is 10.5 Å². The third-order valence-electron chi connectivity index (χ3n) is 2.36. The molecular weight excluding hydrogens is 268 g/mol. The van der Waals surface area contributed by atoms with Crippen LogP contribution in [-0.2, 0) is 0 Å². The van der Waals surface area contributed by atoms with E-state index in [-0.39, 0.29) is 22.7 Å². The van der Waals surface area contributed by atoms with Gasteiger partial charge in [-0.1, -0.05) is 17.7 Å².